The van der Waals surface area contributed by atoms with Crippen molar-refractivity contribution in [2.24, 2.45) is 0 Å². The van der Waals surface area contributed by atoms with Crippen molar-refractivity contribution in [2.75, 3.05) is 11.1 Å². The van der Waals surface area contributed by atoms with Crippen LogP contribution in [-0.4, -0.2) is 15.9 Å². The molecule has 6 nitrogen and oxygen atoms in total. The lowest BCUT2D eigenvalue weighted by Gasteiger charge is -1.96. The normalized spacial score (nSPS) is 10.7. The molecule has 5 N–H and O–H groups in total. The molecule has 118 valence electrons. The molecule has 0 aliphatic heterocycles. The fourth-order valence-corrected chi connectivity index (χ4v) is 3.84. The van der Waals surface area contributed by atoms with Gasteiger partial charge in [0, 0.05) is 30.1 Å². The number of hydrogen-bond acceptors (Lipinski definition) is 6. The third kappa shape index (κ3) is 3.73. The molecule has 3 aromatic rings. The predicted molar refractivity (Wildman–Crippen MR) is 94.4 cm³/mol. The van der Waals surface area contributed by atoms with Crippen LogP contribution in [0.2, 0.25) is 0 Å². The lowest BCUT2D eigenvalue weighted by Crippen LogP contribution is -2.70. The molecule has 0 fully saturated rings. The molecule has 0 spiro atoms. The number of carbonyl (C=O) groups is 1. The SMILES string of the molecule is CC(=O)Nc1nc(C)c(-c2csc([NH2+]c3ccc(N)cc3)n2)s1. The summed E-state index contributed by atoms with van der Waals surface area (Å²) >= 11 is 3.00. The Morgan fingerprint density at radius 2 is 2.00 bits per heavy atom. The van der Waals surface area contributed by atoms with Gasteiger partial charge in [-0.25, -0.2) is 4.98 Å². The number of thiazole rings is 2. The molecule has 0 aliphatic rings. The van der Waals surface area contributed by atoms with E-state index in [1.165, 1.54) is 18.3 Å². The van der Waals surface area contributed by atoms with Gasteiger partial charge in [-0.2, -0.15) is 4.98 Å². The highest BCUT2D eigenvalue weighted by Crippen LogP contribution is 2.33. The summed E-state index contributed by atoms with van der Waals surface area (Å²) in [5, 5.41) is 8.24. The molecule has 3 rings (SSSR count). The molecule has 1 aromatic carbocycles. The number of rotatable bonds is 4. The average molecular weight is 346 g/mol. The molecule has 2 heterocycles. The number of quaternary nitrogens is 1. The molecule has 8 heteroatoms. The number of nitrogens with two attached hydrogens (primary N) is 2. The van der Waals surface area contributed by atoms with Crippen LogP contribution in [-0.2, 0) is 4.79 Å². The van der Waals surface area contributed by atoms with Gasteiger partial charge in [0.05, 0.1) is 16.3 Å². The minimum Gasteiger partial charge on any atom is -0.399 e. The van der Waals surface area contributed by atoms with Gasteiger partial charge in [-0.3, -0.25) is 10.1 Å². The first-order valence-corrected chi connectivity index (χ1v) is 8.62. The molecule has 0 unspecified atom stereocenters. The summed E-state index contributed by atoms with van der Waals surface area (Å²) in [7, 11) is 0. The number of aromatic nitrogens is 2. The average Bonchev–Trinajstić information content (AvgIpc) is 3.07. The minimum absolute atomic E-state index is 0.124. The Morgan fingerprint density at radius 1 is 1.26 bits per heavy atom. The molecule has 0 bridgehead atoms. The van der Waals surface area contributed by atoms with Crippen LogP contribution >= 0.6 is 22.7 Å². The van der Waals surface area contributed by atoms with Crippen molar-refractivity contribution in [2.45, 2.75) is 13.8 Å². The van der Waals surface area contributed by atoms with Gasteiger partial charge in [0.2, 0.25) is 5.91 Å². The van der Waals surface area contributed by atoms with E-state index in [1.807, 2.05) is 41.9 Å². The van der Waals surface area contributed by atoms with E-state index >= 15 is 0 Å². The van der Waals surface area contributed by atoms with E-state index < -0.39 is 0 Å². The quantitative estimate of drug-likeness (QED) is 0.633. The summed E-state index contributed by atoms with van der Waals surface area (Å²) in [4.78, 5) is 21.1. The number of aryl methyl sites for hydroxylation is 1. The Morgan fingerprint density at radius 3 is 2.70 bits per heavy atom. The van der Waals surface area contributed by atoms with E-state index in [-0.39, 0.29) is 5.91 Å². The van der Waals surface area contributed by atoms with Crippen LogP contribution in [0.4, 0.5) is 21.6 Å². The van der Waals surface area contributed by atoms with Crippen molar-refractivity contribution in [3.63, 3.8) is 0 Å². The summed E-state index contributed by atoms with van der Waals surface area (Å²) in [5.74, 6) is -0.124. The molecule has 23 heavy (non-hydrogen) atoms. The van der Waals surface area contributed by atoms with Gasteiger partial charge in [-0.15, -0.1) is 0 Å². The zero-order valence-corrected chi connectivity index (χ0v) is 14.3. The lowest BCUT2D eigenvalue weighted by molar-refractivity contribution is -0.478. The van der Waals surface area contributed by atoms with E-state index in [2.05, 4.69) is 15.3 Å². The first-order chi connectivity index (χ1) is 11.0. The van der Waals surface area contributed by atoms with Crippen molar-refractivity contribution in [3.05, 3.63) is 35.3 Å². The Bertz CT molecular complexity index is 838. The number of carbonyl (C=O) groups excluding carboxylic acids is 1. The standard InChI is InChI=1S/C15H15N5OS2/c1-8-13(23-15(17-8)18-9(2)21)12-7-22-14(20-12)19-11-5-3-10(16)4-6-11/h3-7H,16H2,1-2H3,(H,19,20)(H,17,18,21)/p+1. The van der Waals surface area contributed by atoms with Crippen LogP contribution in [0.1, 0.15) is 12.6 Å². The van der Waals surface area contributed by atoms with Gasteiger partial charge < -0.3 is 11.1 Å². The number of nitrogens with zero attached hydrogens (tertiary/aromatic N) is 2. The smallest absolute Gasteiger partial charge is 0.288 e. The Balaban J connectivity index is 1.80. The van der Waals surface area contributed by atoms with E-state index in [9.17, 15) is 4.79 Å². The number of nitrogen functional groups attached to an aromatic ring is 1. The maximum atomic E-state index is 11.1. The highest BCUT2D eigenvalue weighted by molar-refractivity contribution is 7.19. The number of nitrogens with one attached hydrogen (secondary N) is 1. The Labute approximate surface area is 141 Å². The second kappa shape index (κ2) is 6.45. The molecule has 2 aromatic heterocycles. The van der Waals surface area contributed by atoms with Crippen molar-refractivity contribution < 1.29 is 10.1 Å². The van der Waals surface area contributed by atoms with Crippen molar-refractivity contribution >= 4 is 50.2 Å². The molecule has 0 saturated heterocycles. The fraction of sp³-hybridized carbons (Fsp3) is 0.133. The topological polar surface area (TPSA) is 97.5 Å². The number of amides is 1. The van der Waals surface area contributed by atoms with E-state index in [1.54, 1.807) is 11.3 Å². The van der Waals surface area contributed by atoms with Crippen molar-refractivity contribution in [1.29, 1.82) is 0 Å². The summed E-state index contributed by atoms with van der Waals surface area (Å²) < 4.78 is 0. The van der Waals surface area contributed by atoms with Crippen LogP contribution in [0.5, 0.6) is 0 Å². The molecule has 0 saturated carbocycles. The van der Waals surface area contributed by atoms with Crippen molar-refractivity contribution in [1.82, 2.24) is 9.97 Å². The van der Waals surface area contributed by atoms with E-state index in [0.717, 1.165) is 32.8 Å². The third-order valence-electron chi connectivity index (χ3n) is 3.06. The zero-order chi connectivity index (χ0) is 16.4. The molecule has 0 aliphatic carbocycles. The summed E-state index contributed by atoms with van der Waals surface area (Å²) in [6.45, 7) is 3.39. The van der Waals surface area contributed by atoms with Gasteiger partial charge in [0.15, 0.2) is 5.13 Å². The maximum absolute atomic E-state index is 11.1. The second-order valence-electron chi connectivity index (χ2n) is 5.00. The highest BCUT2D eigenvalue weighted by atomic mass is 32.1. The third-order valence-corrected chi connectivity index (χ3v) is 4.95. The summed E-state index contributed by atoms with van der Waals surface area (Å²) in [6.07, 6.45) is 0. The summed E-state index contributed by atoms with van der Waals surface area (Å²) in [6, 6.07) is 7.66. The predicted octanol–water partition coefficient (Wildman–Crippen LogP) is 2.64. The maximum Gasteiger partial charge on any atom is 0.288 e. The monoisotopic (exact) mass is 346 g/mol. The van der Waals surface area contributed by atoms with Gasteiger partial charge in [-0.05, 0) is 19.1 Å². The first-order valence-electron chi connectivity index (χ1n) is 6.92. The minimum atomic E-state index is -0.124. The number of benzene rings is 1. The van der Waals surface area contributed by atoms with Crippen LogP contribution in [0.15, 0.2) is 29.6 Å². The molecular formula is C15H16N5OS2+. The van der Waals surface area contributed by atoms with E-state index in [4.69, 9.17) is 5.73 Å². The van der Waals surface area contributed by atoms with Crippen LogP contribution in [0.3, 0.4) is 0 Å². The fourth-order valence-electron chi connectivity index (χ4n) is 2.03. The van der Waals surface area contributed by atoms with E-state index in [0.29, 0.717) is 5.13 Å². The first kappa shape index (κ1) is 15.6. The van der Waals surface area contributed by atoms with Crippen LogP contribution < -0.4 is 16.4 Å². The van der Waals surface area contributed by atoms with Gasteiger partial charge >= 0.3 is 0 Å². The highest BCUT2D eigenvalue weighted by Gasteiger charge is 2.15. The molecule has 1 amide bonds. The largest absolute Gasteiger partial charge is 0.399 e. The van der Waals surface area contributed by atoms with Crippen molar-refractivity contribution in [3.8, 4) is 10.6 Å². The Kier molecular flexibility index (Phi) is 4.37. The zero-order valence-electron chi connectivity index (χ0n) is 12.7. The van der Waals surface area contributed by atoms with Gasteiger partial charge in [0.25, 0.3) is 5.13 Å². The van der Waals surface area contributed by atoms with Gasteiger partial charge in [0.1, 0.15) is 5.69 Å². The second-order valence-corrected chi connectivity index (χ2v) is 6.89. The number of anilines is 2. The van der Waals surface area contributed by atoms with Gasteiger partial charge in [-0.1, -0.05) is 22.7 Å². The molecule has 0 atom stereocenters. The molecule has 0 radical (unpaired) electrons. The van der Waals surface area contributed by atoms with Crippen LogP contribution in [0.25, 0.3) is 10.6 Å². The Hall–Kier alpha value is -2.29. The van der Waals surface area contributed by atoms with Crippen LogP contribution in [0, 0.1) is 6.92 Å². The molecular weight excluding hydrogens is 330 g/mol. The number of hydrogen-bond donors (Lipinski definition) is 3. The summed E-state index contributed by atoms with van der Waals surface area (Å²) in [5.41, 5.74) is 9.23. The lowest BCUT2D eigenvalue weighted by atomic mass is 10.3.